The van der Waals surface area contributed by atoms with E-state index in [1.165, 1.54) is 29.7 Å². The number of aliphatic imine (C=N–C) groups is 1. The molecule has 0 radical (unpaired) electrons. The molecule has 4 nitrogen and oxygen atoms in total. The van der Waals surface area contributed by atoms with Gasteiger partial charge in [-0.25, -0.2) is 4.99 Å². The smallest absolute Gasteiger partial charge is 0.191 e. The number of benzene rings is 1. The van der Waals surface area contributed by atoms with Crippen LogP contribution >= 0.6 is 11.8 Å². The summed E-state index contributed by atoms with van der Waals surface area (Å²) in [6, 6.07) is 8.51. The van der Waals surface area contributed by atoms with Crippen LogP contribution in [0.1, 0.15) is 44.7 Å². The van der Waals surface area contributed by atoms with Crippen LogP contribution in [0.5, 0.6) is 0 Å². The Kier molecular flexibility index (Phi) is 7.92. The van der Waals surface area contributed by atoms with Gasteiger partial charge >= 0.3 is 0 Å². The molecular formula is C19H31N3OS. The highest BCUT2D eigenvalue weighted by molar-refractivity contribution is 8.00. The lowest BCUT2D eigenvalue weighted by atomic mass is 10.1. The third kappa shape index (κ3) is 6.36. The van der Waals surface area contributed by atoms with E-state index in [1.54, 1.807) is 0 Å². The predicted octanol–water partition coefficient (Wildman–Crippen LogP) is 3.56. The Hall–Kier alpha value is -1.20. The first-order valence-corrected chi connectivity index (χ1v) is 9.95. The Labute approximate surface area is 150 Å². The second-order valence-electron chi connectivity index (χ2n) is 6.40. The van der Waals surface area contributed by atoms with Crippen molar-refractivity contribution in [1.29, 1.82) is 0 Å². The van der Waals surface area contributed by atoms with Gasteiger partial charge in [-0.05, 0) is 50.5 Å². The number of nitrogens with one attached hydrogen (secondary N) is 2. The highest BCUT2D eigenvalue weighted by Crippen LogP contribution is 2.36. The van der Waals surface area contributed by atoms with Gasteiger partial charge in [0.15, 0.2) is 5.96 Å². The summed E-state index contributed by atoms with van der Waals surface area (Å²) in [6.45, 7) is 10.4. The van der Waals surface area contributed by atoms with E-state index in [2.05, 4.69) is 60.5 Å². The highest BCUT2D eigenvalue weighted by Gasteiger charge is 2.29. The van der Waals surface area contributed by atoms with E-state index in [1.807, 2.05) is 6.92 Å². The van der Waals surface area contributed by atoms with Crippen LogP contribution in [0.3, 0.4) is 0 Å². The van der Waals surface area contributed by atoms with E-state index >= 15 is 0 Å². The molecule has 0 spiro atoms. The van der Waals surface area contributed by atoms with Crippen molar-refractivity contribution in [1.82, 2.24) is 10.6 Å². The van der Waals surface area contributed by atoms with Gasteiger partial charge in [0.25, 0.3) is 0 Å². The first-order valence-electron chi connectivity index (χ1n) is 8.97. The standard InChI is InChI=1S/C19H31N3OS/c1-4-20-18(22-15-19(3)11-6-12-24-19)21-13-16-7-9-17(10-8-16)14-23-5-2/h7-10H,4-6,11-15H2,1-3H3,(H2,20,21,22). The van der Waals surface area contributed by atoms with E-state index in [-0.39, 0.29) is 0 Å². The number of ether oxygens (including phenoxy) is 1. The van der Waals surface area contributed by atoms with Gasteiger partial charge < -0.3 is 15.4 Å². The fourth-order valence-electron chi connectivity index (χ4n) is 2.72. The van der Waals surface area contributed by atoms with Gasteiger partial charge in [-0.1, -0.05) is 24.3 Å². The molecule has 2 N–H and O–H groups in total. The molecule has 1 heterocycles. The third-order valence-corrected chi connectivity index (χ3v) is 5.73. The first-order chi connectivity index (χ1) is 11.6. The third-order valence-electron chi connectivity index (χ3n) is 4.19. The number of hydrogen-bond acceptors (Lipinski definition) is 3. The van der Waals surface area contributed by atoms with Crippen molar-refractivity contribution >= 4 is 17.7 Å². The van der Waals surface area contributed by atoms with Gasteiger partial charge in [0.2, 0.25) is 0 Å². The predicted molar refractivity (Wildman–Crippen MR) is 105 cm³/mol. The molecule has 0 amide bonds. The normalized spacial score (nSPS) is 21.0. The summed E-state index contributed by atoms with van der Waals surface area (Å²) >= 11 is 2.07. The number of thioether (sulfide) groups is 1. The highest BCUT2D eigenvalue weighted by atomic mass is 32.2. The zero-order valence-corrected chi connectivity index (χ0v) is 16.0. The van der Waals surface area contributed by atoms with Crippen LogP contribution in [-0.4, -0.2) is 36.2 Å². The second kappa shape index (κ2) is 9.94. The van der Waals surface area contributed by atoms with Crippen LogP contribution < -0.4 is 10.6 Å². The molecule has 1 atom stereocenters. The fraction of sp³-hybridized carbons (Fsp3) is 0.632. The Morgan fingerprint density at radius 3 is 2.58 bits per heavy atom. The van der Waals surface area contributed by atoms with Crippen molar-refractivity contribution in [3.8, 4) is 0 Å². The summed E-state index contributed by atoms with van der Waals surface area (Å²) in [5.41, 5.74) is 2.43. The summed E-state index contributed by atoms with van der Waals surface area (Å²) in [7, 11) is 0. The zero-order chi connectivity index (χ0) is 17.3. The lowest BCUT2D eigenvalue weighted by Crippen LogP contribution is -2.43. The topological polar surface area (TPSA) is 45.7 Å². The van der Waals surface area contributed by atoms with E-state index in [0.717, 1.165) is 25.7 Å². The van der Waals surface area contributed by atoms with Crippen molar-refractivity contribution < 1.29 is 4.74 Å². The number of rotatable bonds is 8. The minimum Gasteiger partial charge on any atom is -0.377 e. The van der Waals surface area contributed by atoms with E-state index in [9.17, 15) is 0 Å². The van der Waals surface area contributed by atoms with E-state index in [0.29, 0.717) is 17.9 Å². The Morgan fingerprint density at radius 2 is 1.96 bits per heavy atom. The van der Waals surface area contributed by atoms with Crippen LogP contribution in [0, 0.1) is 0 Å². The monoisotopic (exact) mass is 349 g/mol. The van der Waals surface area contributed by atoms with Gasteiger partial charge in [0, 0.05) is 24.4 Å². The zero-order valence-electron chi connectivity index (χ0n) is 15.2. The quantitative estimate of drug-likeness (QED) is 0.556. The summed E-state index contributed by atoms with van der Waals surface area (Å²) in [6.07, 6.45) is 2.61. The molecule has 1 aromatic rings. The minimum absolute atomic E-state index is 0.344. The van der Waals surface area contributed by atoms with Crippen LogP contribution in [-0.2, 0) is 17.9 Å². The summed E-state index contributed by atoms with van der Waals surface area (Å²) in [4.78, 5) is 4.72. The van der Waals surface area contributed by atoms with Gasteiger partial charge in [0.1, 0.15) is 0 Å². The molecule has 5 heteroatoms. The summed E-state index contributed by atoms with van der Waals surface area (Å²) < 4.78 is 5.77. The average molecular weight is 350 g/mol. The fourth-order valence-corrected chi connectivity index (χ4v) is 3.96. The van der Waals surface area contributed by atoms with Crippen LogP contribution in [0.4, 0.5) is 0 Å². The SMILES string of the molecule is CCNC(=NCc1ccc(COCC)cc1)NCC1(C)CCCS1. The van der Waals surface area contributed by atoms with Crippen molar-refractivity contribution in [2.45, 2.75) is 51.5 Å². The Morgan fingerprint density at radius 1 is 1.21 bits per heavy atom. The summed E-state index contributed by atoms with van der Waals surface area (Å²) in [5.74, 6) is 2.18. The minimum atomic E-state index is 0.344. The second-order valence-corrected chi connectivity index (χ2v) is 8.09. The summed E-state index contributed by atoms with van der Waals surface area (Å²) in [5, 5.41) is 6.85. The molecule has 1 saturated heterocycles. The van der Waals surface area contributed by atoms with Gasteiger partial charge in [-0.3, -0.25) is 0 Å². The van der Waals surface area contributed by atoms with Crippen molar-refractivity contribution in [2.75, 3.05) is 25.4 Å². The average Bonchev–Trinajstić information content (AvgIpc) is 3.03. The molecule has 1 aliphatic heterocycles. The molecule has 1 unspecified atom stereocenters. The number of guanidine groups is 1. The molecule has 134 valence electrons. The van der Waals surface area contributed by atoms with Crippen LogP contribution in [0.25, 0.3) is 0 Å². The van der Waals surface area contributed by atoms with Gasteiger partial charge in [-0.15, -0.1) is 0 Å². The largest absolute Gasteiger partial charge is 0.377 e. The van der Waals surface area contributed by atoms with Gasteiger partial charge in [-0.2, -0.15) is 11.8 Å². The Bertz CT molecular complexity index is 510. The maximum Gasteiger partial charge on any atom is 0.191 e. The molecule has 0 aliphatic carbocycles. The van der Waals surface area contributed by atoms with Crippen molar-refractivity contribution in [2.24, 2.45) is 4.99 Å². The van der Waals surface area contributed by atoms with E-state index in [4.69, 9.17) is 9.73 Å². The molecule has 24 heavy (non-hydrogen) atoms. The van der Waals surface area contributed by atoms with E-state index < -0.39 is 0 Å². The van der Waals surface area contributed by atoms with Crippen molar-refractivity contribution in [3.63, 3.8) is 0 Å². The lowest BCUT2D eigenvalue weighted by molar-refractivity contribution is 0.134. The first kappa shape index (κ1) is 19.1. The molecule has 1 fully saturated rings. The molecule has 1 aliphatic rings. The van der Waals surface area contributed by atoms with Gasteiger partial charge in [0.05, 0.1) is 13.2 Å². The lowest BCUT2D eigenvalue weighted by Gasteiger charge is -2.24. The molecule has 1 aromatic carbocycles. The molecule has 0 bridgehead atoms. The maximum absolute atomic E-state index is 5.43. The van der Waals surface area contributed by atoms with Crippen molar-refractivity contribution in [3.05, 3.63) is 35.4 Å². The Balaban J connectivity index is 1.87. The van der Waals surface area contributed by atoms with Crippen LogP contribution in [0.15, 0.2) is 29.3 Å². The molecular weight excluding hydrogens is 318 g/mol. The maximum atomic E-state index is 5.43. The molecule has 0 saturated carbocycles. The molecule has 2 rings (SSSR count). The number of hydrogen-bond donors (Lipinski definition) is 2. The molecule has 0 aromatic heterocycles. The number of nitrogens with zero attached hydrogens (tertiary/aromatic N) is 1. The van der Waals surface area contributed by atoms with Crippen LogP contribution in [0.2, 0.25) is 0 Å².